The van der Waals surface area contributed by atoms with Gasteiger partial charge in [-0.2, -0.15) is 0 Å². The molecule has 22 nitrogen and oxygen atoms in total. The highest BCUT2D eigenvalue weighted by molar-refractivity contribution is 5.96. The second-order valence-corrected chi connectivity index (χ2v) is 14.5. The number of carbonyl (C=O) groups excluding carboxylic acids is 7. The average Bonchev–Trinajstić information content (AvgIpc) is 3.51. The lowest BCUT2D eigenvalue weighted by atomic mass is 10.00. The Morgan fingerprint density at radius 2 is 1.41 bits per heavy atom. The smallest absolute Gasteiger partial charge is 0.303 e. The van der Waals surface area contributed by atoms with Gasteiger partial charge in [-0.1, -0.05) is 26.0 Å². The Balaban J connectivity index is 2.24. The van der Waals surface area contributed by atoms with Gasteiger partial charge in [-0.05, 0) is 56.7 Å². The summed E-state index contributed by atoms with van der Waals surface area (Å²) in [5, 5.41) is 42.2. The Labute approximate surface area is 335 Å². The lowest BCUT2D eigenvalue weighted by Gasteiger charge is -2.29. The van der Waals surface area contributed by atoms with Crippen LogP contribution >= 0.6 is 0 Å². The number of phenolic OH excluding ortho intramolecular Hbond substituents is 1. The third-order valence-electron chi connectivity index (χ3n) is 9.29. The van der Waals surface area contributed by atoms with Crippen molar-refractivity contribution in [2.75, 3.05) is 13.1 Å². The number of amides is 7. The van der Waals surface area contributed by atoms with Gasteiger partial charge in [-0.3, -0.25) is 43.3 Å². The Kier molecular flexibility index (Phi) is 18.8. The molecule has 0 bridgehead atoms. The summed E-state index contributed by atoms with van der Waals surface area (Å²) in [6, 6.07) is -2.86. The van der Waals surface area contributed by atoms with Crippen molar-refractivity contribution in [1.82, 2.24) is 31.5 Å². The van der Waals surface area contributed by atoms with E-state index >= 15 is 0 Å². The highest BCUT2D eigenvalue weighted by atomic mass is 16.4. The van der Waals surface area contributed by atoms with E-state index in [2.05, 4.69) is 31.6 Å². The number of benzene rings is 1. The van der Waals surface area contributed by atoms with Gasteiger partial charge in [0.05, 0.1) is 18.2 Å². The number of aromatic hydroxyl groups is 1. The maximum absolute atomic E-state index is 13.7. The maximum atomic E-state index is 13.7. The molecule has 1 saturated heterocycles. The highest BCUT2D eigenvalue weighted by Gasteiger charge is 2.38. The zero-order valence-electron chi connectivity index (χ0n) is 33.0. The SMILES string of the molecule is CC(C)[C@@H](NC(=O)[C@H](NC(=O)[C@@H](Cc1ccc(O)cc1)NC(=O)[C@H](N)CCCN=C(N)N)[C@@H](C)O)C(=O)N[C@H](CCC(=O)O)C(=O)N[C@@H]1CC(=O)N([C@H](C)C(N)=O)C1. The minimum Gasteiger partial charge on any atom is -0.508 e. The Morgan fingerprint density at radius 3 is 1.97 bits per heavy atom. The number of aliphatic carboxylic acids is 1. The fourth-order valence-corrected chi connectivity index (χ4v) is 5.90. The van der Waals surface area contributed by atoms with Crippen LogP contribution in [0.4, 0.5) is 0 Å². The maximum Gasteiger partial charge on any atom is 0.303 e. The molecule has 322 valence electrons. The van der Waals surface area contributed by atoms with Gasteiger partial charge in [-0.15, -0.1) is 0 Å². The van der Waals surface area contributed by atoms with Gasteiger partial charge in [0, 0.05) is 32.4 Å². The molecule has 2 rings (SSSR count). The minimum atomic E-state index is -1.68. The second-order valence-electron chi connectivity index (χ2n) is 14.5. The largest absolute Gasteiger partial charge is 0.508 e. The molecule has 58 heavy (non-hydrogen) atoms. The fourth-order valence-electron chi connectivity index (χ4n) is 5.90. The number of primary amides is 1. The molecule has 22 heteroatoms. The zero-order chi connectivity index (χ0) is 43.9. The molecule has 0 radical (unpaired) electrons. The number of aliphatic imine (C=N–C) groups is 1. The minimum absolute atomic E-state index is 0.0478. The number of rotatable bonds is 23. The summed E-state index contributed by atoms with van der Waals surface area (Å²) >= 11 is 0. The number of nitrogens with zero attached hydrogens (tertiary/aromatic N) is 2. The molecule has 1 fully saturated rings. The molecule has 0 spiro atoms. The van der Waals surface area contributed by atoms with Crippen LogP contribution in [0.1, 0.15) is 65.4 Å². The van der Waals surface area contributed by atoms with Crippen molar-refractivity contribution in [3.05, 3.63) is 29.8 Å². The number of hydrogen-bond acceptors (Lipinski definition) is 12. The Bertz CT molecular complexity index is 1670. The predicted octanol–water partition coefficient (Wildman–Crippen LogP) is -4.25. The van der Waals surface area contributed by atoms with E-state index in [9.17, 15) is 53.7 Å². The van der Waals surface area contributed by atoms with Crippen molar-refractivity contribution in [2.24, 2.45) is 33.8 Å². The average molecular weight is 820 g/mol. The van der Waals surface area contributed by atoms with E-state index in [0.29, 0.717) is 12.0 Å². The van der Waals surface area contributed by atoms with Crippen molar-refractivity contribution in [3.63, 3.8) is 0 Å². The van der Waals surface area contributed by atoms with Gasteiger partial charge in [0.25, 0.3) is 0 Å². The van der Waals surface area contributed by atoms with Crippen LogP contribution in [0.15, 0.2) is 29.3 Å². The van der Waals surface area contributed by atoms with Crippen molar-refractivity contribution >= 4 is 53.3 Å². The number of guanidine groups is 1. The van der Waals surface area contributed by atoms with Crippen LogP contribution in [0, 0.1) is 5.92 Å². The van der Waals surface area contributed by atoms with Crippen molar-refractivity contribution < 1.29 is 53.7 Å². The van der Waals surface area contributed by atoms with Crippen LogP contribution in [-0.2, 0) is 44.8 Å². The first-order valence-electron chi connectivity index (χ1n) is 18.7. The van der Waals surface area contributed by atoms with Gasteiger partial charge < -0.3 is 69.7 Å². The first-order valence-corrected chi connectivity index (χ1v) is 18.7. The molecule has 1 aliphatic heterocycles. The fraction of sp³-hybridized carbons (Fsp3) is 0.583. The van der Waals surface area contributed by atoms with E-state index < -0.39 is 108 Å². The lowest BCUT2D eigenvalue weighted by molar-refractivity contribution is -0.138. The monoisotopic (exact) mass is 819 g/mol. The van der Waals surface area contributed by atoms with Crippen LogP contribution in [-0.4, -0.2) is 135 Å². The molecule has 1 aromatic carbocycles. The van der Waals surface area contributed by atoms with E-state index in [1.165, 1.54) is 43.0 Å². The van der Waals surface area contributed by atoms with Crippen molar-refractivity contribution in [3.8, 4) is 5.75 Å². The molecule has 7 amide bonds. The molecule has 0 aromatic heterocycles. The molecule has 1 aliphatic rings. The van der Waals surface area contributed by atoms with Crippen LogP contribution in [0.2, 0.25) is 0 Å². The summed E-state index contributed by atoms with van der Waals surface area (Å²) in [5.74, 6) is -7.63. The predicted molar refractivity (Wildman–Crippen MR) is 208 cm³/mol. The molecule has 1 aromatic rings. The van der Waals surface area contributed by atoms with Crippen LogP contribution in [0.5, 0.6) is 5.75 Å². The standard InChI is InChI=1S/C36H57N11O11/c1-17(2)28(34(57)43-24(11-12-27(51)52)32(55)42-21-15-26(50)47(16-21)18(3)30(38)53)45-35(58)29(19(4)48)46-33(56)25(14-20-7-9-22(49)10-8-20)44-31(54)23(37)6-5-13-41-36(39)40/h7-10,17-19,21,23-25,28-29,48-49H,5-6,11-16,37H2,1-4H3,(H2,38,53)(H,42,55)(H,43,57)(H,44,54)(H,45,58)(H,46,56)(H,51,52)(H4,39,40,41)/t18-,19-,21-,23-,24-,25-,28-,29-/m1/s1. The Hall–Kier alpha value is -6.03. The molecule has 1 heterocycles. The van der Waals surface area contributed by atoms with Gasteiger partial charge in [0.1, 0.15) is 36.0 Å². The summed E-state index contributed by atoms with van der Waals surface area (Å²) in [6.07, 6.45) is -2.24. The van der Waals surface area contributed by atoms with Gasteiger partial charge in [0.15, 0.2) is 5.96 Å². The zero-order valence-corrected chi connectivity index (χ0v) is 33.0. The summed E-state index contributed by atoms with van der Waals surface area (Å²) in [5.41, 5.74) is 22.5. The number of carboxylic acids is 1. The number of carboxylic acid groups (broad SMARTS) is 1. The third kappa shape index (κ3) is 15.5. The molecule has 0 aliphatic carbocycles. The molecular formula is C36H57N11O11. The van der Waals surface area contributed by atoms with E-state index in [1.54, 1.807) is 13.8 Å². The molecule has 8 atom stereocenters. The van der Waals surface area contributed by atoms with Crippen LogP contribution in [0.3, 0.4) is 0 Å². The lowest BCUT2D eigenvalue weighted by Crippen LogP contribution is -2.62. The first kappa shape index (κ1) is 48.1. The van der Waals surface area contributed by atoms with Crippen LogP contribution < -0.4 is 49.5 Å². The molecule has 0 saturated carbocycles. The summed E-state index contributed by atoms with van der Waals surface area (Å²) < 4.78 is 0. The van der Waals surface area contributed by atoms with Crippen molar-refractivity contribution in [1.29, 1.82) is 0 Å². The van der Waals surface area contributed by atoms with E-state index in [4.69, 9.17) is 22.9 Å². The van der Waals surface area contributed by atoms with E-state index in [1.807, 2.05) is 0 Å². The molecular weight excluding hydrogens is 762 g/mol. The van der Waals surface area contributed by atoms with Gasteiger partial charge >= 0.3 is 5.97 Å². The van der Waals surface area contributed by atoms with E-state index in [-0.39, 0.29) is 50.5 Å². The quantitative estimate of drug-likeness (QED) is 0.0283. The third-order valence-corrected chi connectivity index (χ3v) is 9.29. The second kappa shape index (κ2) is 22.6. The van der Waals surface area contributed by atoms with Gasteiger partial charge in [0.2, 0.25) is 41.4 Å². The number of nitrogens with one attached hydrogen (secondary N) is 5. The number of hydrogen-bond donors (Lipinski definition) is 12. The number of aliphatic hydroxyl groups excluding tert-OH is 1. The number of nitrogens with two attached hydrogens (primary N) is 4. The molecule has 0 unspecified atom stereocenters. The molecule has 16 N–H and O–H groups in total. The number of likely N-dealkylation sites (tertiary alicyclic amines) is 1. The summed E-state index contributed by atoms with van der Waals surface area (Å²) in [7, 11) is 0. The van der Waals surface area contributed by atoms with E-state index in [0.717, 1.165) is 0 Å². The summed E-state index contributed by atoms with van der Waals surface area (Å²) in [4.78, 5) is 108. The van der Waals surface area contributed by atoms with Crippen LogP contribution in [0.25, 0.3) is 0 Å². The highest BCUT2D eigenvalue weighted by Crippen LogP contribution is 2.16. The number of phenols is 1. The first-order chi connectivity index (χ1) is 27.1. The Morgan fingerprint density at radius 1 is 0.828 bits per heavy atom. The van der Waals surface area contributed by atoms with Crippen molar-refractivity contribution in [2.45, 2.75) is 115 Å². The topological polar surface area (TPSA) is 377 Å². The number of carbonyl (C=O) groups is 8. The summed E-state index contributed by atoms with van der Waals surface area (Å²) in [6.45, 7) is 5.92. The van der Waals surface area contributed by atoms with Gasteiger partial charge in [-0.25, -0.2) is 0 Å². The normalized spacial score (nSPS) is 17.4. The number of aliphatic hydroxyl groups is 1.